The lowest BCUT2D eigenvalue weighted by Crippen LogP contribution is -2.12. The SMILES string of the molecule is CCCc1noc(CCCC(=O)Oc2cccc(C(N)=O)c2)n1. The van der Waals surface area contributed by atoms with Gasteiger partial charge in [0.2, 0.25) is 11.8 Å². The molecule has 23 heavy (non-hydrogen) atoms. The standard InChI is InChI=1S/C16H19N3O4/c1-2-5-13-18-14(23-19-13)8-4-9-15(20)22-12-7-3-6-11(10-12)16(17)21/h3,6-7,10H,2,4-5,8-9H2,1H3,(H2,17,21). The van der Waals surface area contributed by atoms with Crippen LogP contribution in [0.2, 0.25) is 0 Å². The molecule has 2 aromatic rings. The van der Waals surface area contributed by atoms with Gasteiger partial charge in [-0.25, -0.2) is 0 Å². The molecule has 1 amide bonds. The van der Waals surface area contributed by atoms with Crippen molar-refractivity contribution in [3.05, 3.63) is 41.5 Å². The van der Waals surface area contributed by atoms with E-state index < -0.39 is 5.91 Å². The van der Waals surface area contributed by atoms with E-state index in [9.17, 15) is 9.59 Å². The normalized spacial score (nSPS) is 10.5. The van der Waals surface area contributed by atoms with Gasteiger partial charge < -0.3 is 15.0 Å². The Balaban J connectivity index is 1.78. The van der Waals surface area contributed by atoms with E-state index in [4.69, 9.17) is 15.0 Å². The first kappa shape index (κ1) is 16.7. The molecule has 0 radical (unpaired) electrons. The molecule has 0 saturated heterocycles. The highest BCUT2D eigenvalue weighted by atomic mass is 16.5. The van der Waals surface area contributed by atoms with Crippen LogP contribution in [0.4, 0.5) is 0 Å². The first-order valence-electron chi connectivity index (χ1n) is 7.50. The van der Waals surface area contributed by atoms with E-state index in [-0.39, 0.29) is 12.4 Å². The number of carbonyl (C=O) groups is 2. The minimum absolute atomic E-state index is 0.215. The molecule has 2 N–H and O–H groups in total. The number of benzene rings is 1. The lowest BCUT2D eigenvalue weighted by Gasteiger charge is -2.04. The number of nitrogens with two attached hydrogens (primary N) is 1. The van der Waals surface area contributed by atoms with E-state index in [1.165, 1.54) is 6.07 Å². The first-order valence-corrected chi connectivity index (χ1v) is 7.50. The maximum absolute atomic E-state index is 11.8. The monoisotopic (exact) mass is 317 g/mol. The van der Waals surface area contributed by atoms with Crippen LogP contribution in [0.3, 0.4) is 0 Å². The van der Waals surface area contributed by atoms with Crippen LogP contribution in [-0.4, -0.2) is 22.0 Å². The zero-order valence-electron chi connectivity index (χ0n) is 12.9. The zero-order chi connectivity index (χ0) is 16.7. The van der Waals surface area contributed by atoms with Gasteiger partial charge in [-0.15, -0.1) is 0 Å². The van der Waals surface area contributed by atoms with E-state index in [1.807, 2.05) is 6.92 Å². The van der Waals surface area contributed by atoms with Crippen molar-refractivity contribution in [1.29, 1.82) is 0 Å². The predicted molar refractivity (Wildman–Crippen MR) is 81.8 cm³/mol. The van der Waals surface area contributed by atoms with Crippen LogP contribution < -0.4 is 10.5 Å². The van der Waals surface area contributed by atoms with Crippen LogP contribution >= 0.6 is 0 Å². The lowest BCUT2D eigenvalue weighted by molar-refractivity contribution is -0.134. The van der Waals surface area contributed by atoms with Gasteiger partial charge in [-0.05, 0) is 31.0 Å². The molecule has 122 valence electrons. The Kier molecular flexibility index (Phi) is 5.85. The summed E-state index contributed by atoms with van der Waals surface area (Å²) >= 11 is 0. The van der Waals surface area contributed by atoms with Gasteiger partial charge in [0.1, 0.15) is 5.75 Å². The number of rotatable bonds is 8. The van der Waals surface area contributed by atoms with Crippen LogP contribution in [0.25, 0.3) is 0 Å². The van der Waals surface area contributed by atoms with Crippen molar-refractivity contribution in [2.75, 3.05) is 0 Å². The molecule has 0 atom stereocenters. The number of carbonyl (C=O) groups excluding carboxylic acids is 2. The topological polar surface area (TPSA) is 108 Å². The number of aromatic nitrogens is 2. The number of amides is 1. The van der Waals surface area contributed by atoms with Crippen molar-refractivity contribution < 1.29 is 18.8 Å². The fourth-order valence-corrected chi connectivity index (χ4v) is 2.00. The summed E-state index contributed by atoms with van der Waals surface area (Å²) in [5, 5.41) is 3.85. The van der Waals surface area contributed by atoms with Gasteiger partial charge in [-0.1, -0.05) is 18.1 Å². The highest BCUT2D eigenvalue weighted by Gasteiger charge is 2.10. The van der Waals surface area contributed by atoms with Crippen LogP contribution in [0, 0.1) is 0 Å². The molecule has 0 spiro atoms. The Bertz CT molecular complexity index is 681. The minimum atomic E-state index is -0.567. The van der Waals surface area contributed by atoms with Gasteiger partial charge in [0.15, 0.2) is 5.82 Å². The van der Waals surface area contributed by atoms with Crippen molar-refractivity contribution in [1.82, 2.24) is 10.1 Å². The van der Waals surface area contributed by atoms with Gasteiger partial charge in [0.25, 0.3) is 0 Å². The number of hydrogen-bond donors (Lipinski definition) is 1. The first-order chi connectivity index (χ1) is 11.1. The quantitative estimate of drug-likeness (QED) is 0.589. The molecule has 0 unspecified atom stereocenters. The molecule has 0 bridgehead atoms. The molecule has 0 aliphatic rings. The molecule has 7 nitrogen and oxygen atoms in total. The zero-order valence-corrected chi connectivity index (χ0v) is 12.9. The fourth-order valence-electron chi connectivity index (χ4n) is 2.00. The number of nitrogens with zero attached hydrogens (tertiary/aromatic N) is 2. The number of primary amides is 1. The number of aryl methyl sites for hydroxylation is 2. The molecule has 1 aromatic carbocycles. The molecule has 7 heteroatoms. The maximum atomic E-state index is 11.8. The van der Waals surface area contributed by atoms with E-state index in [1.54, 1.807) is 18.2 Å². The average molecular weight is 317 g/mol. The molecule has 1 aromatic heterocycles. The average Bonchev–Trinajstić information content (AvgIpc) is 2.95. The Morgan fingerprint density at radius 2 is 2.13 bits per heavy atom. The van der Waals surface area contributed by atoms with Crippen LogP contribution in [0.1, 0.15) is 48.3 Å². The molecule has 0 saturated carbocycles. The molecule has 0 aliphatic heterocycles. The second-order valence-corrected chi connectivity index (χ2v) is 5.07. The van der Waals surface area contributed by atoms with Crippen molar-refractivity contribution >= 4 is 11.9 Å². The molecular formula is C16H19N3O4. The van der Waals surface area contributed by atoms with E-state index in [2.05, 4.69) is 10.1 Å². The van der Waals surface area contributed by atoms with Gasteiger partial charge in [-0.3, -0.25) is 9.59 Å². The minimum Gasteiger partial charge on any atom is -0.427 e. The van der Waals surface area contributed by atoms with Gasteiger partial charge in [-0.2, -0.15) is 4.98 Å². The summed E-state index contributed by atoms with van der Waals surface area (Å²) < 4.78 is 10.3. The van der Waals surface area contributed by atoms with E-state index in [0.717, 1.165) is 12.8 Å². The third kappa shape index (κ3) is 5.21. The predicted octanol–water partition coefficient (Wildman–Crippen LogP) is 2.05. The molecule has 2 rings (SSSR count). The number of ether oxygens (including phenoxy) is 1. The Morgan fingerprint density at radius 3 is 2.87 bits per heavy atom. The summed E-state index contributed by atoms with van der Waals surface area (Å²) in [6, 6.07) is 6.20. The largest absolute Gasteiger partial charge is 0.427 e. The number of esters is 1. The lowest BCUT2D eigenvalue weighted by atomic mass is 10.2. The maximum Gasteiger partial charge on any atom is 0.311 e. The molecule has 0 fully saturated rings. The van der Waals surface area contributed by atoms with Crippen molar-refractivity contribution in [3.8, 4) is 5.75 Å². The third-order valence-corrected chi connectivity index (χ3v) is 3.11. The Morgan fingerprint density at radius 1 is 1.30 bits per heavy atom. The Hall–Kier alpha value is -2.70. The van der Waals surface area contributed by atoms with Gasteiger partial charge in [0, 0.05) is 24.8 Å². The second-order valence-electron chi connectivity index (χ2n) is 5.07. The Labute approximate surface area is 133 Å². The molecule has 1 heterocycles. The van der Waals surface area contributed by atoms with Crippen molar-refractivity contribution in [2.24, 2.45) is 5.73 Å². The van der Waals surface area contributed by atoms with Crippen LogP contribution in [0.5, 0.6) is 5.75 Å². The third-order valence-electron chi connectivity index (χ3n) is 3.11. The summed E-state index contributed by atoms with van der Waals surface area (Å²) in [5.41, 5.74) is 5.47. The summed E-state index contributed by atoms with van der Waals surface area (Å²) in [6.07, 6.45) is 3.01. The van der Waals surface area contributed by atoms with Crippen molar-refractivity contribution in [3.63, 3.8) is 0 Å². The van der Waals surface area contributed by atoms with E-state index in [0.29, 0.717) is 35.9 Å². The number of hydrogen-bond acceptors (Lipinski definition) is 6. The van der Waals surface area contributed by atoms with Crippen molar-refractivity contribution in [2.45, 2.75) is 39.0 Å². The fraction of sp³-hybridized carbons (Fsp3) is 0.375. The molecule has 0 aliphatic carbocycles. The molecular weight excluding hydrogens is 298 g/mol. The summed E-state index contributed by atoms with van der Waals surface area (Å²) in [6.45, 7) is 2.04. The highest BCUT2D eigenvalue weighted by Crippen LogP contribution is 2.14. The summed E-state index contributed by atoms with van der Waals surface area (Å²) in [4.78, 5) is 27.1. The summed E-state index contributed by atoms with van der Waals surface area (Å²) in [5.74, 6) is 0.557. The van der Waals surface area contributed by atoms with Crippen LogP contribution in [-0.2, 0) is 17.6 Å². The second kappa shape index (κ2) is 8.07. The smallest absolute Gasteiger partial charge is 0.311 e. The highest BCUT2D eigenvalue weighted by molar-refractivity contribution is 5.93. The van der Waals surface area contributed by atoms with Gasteiger partial charge in [0.05, 0.1) is 0 Å². The summed E-state index contributed by atoms with van der Waals surface area (Å²) in [7, 11) is 0. The van der Waals surface area contributed by atoms with E-state index >= 15 is 0 Å². The van der Waals surface area contributed by atoms with Gasteiger partial charge >= 0.3 is 5.97 Å². The van der Waals surface area contributed by atoms with Crippen LogP contribution in [0.15, 0.2) is 28.8 Å².